The highest BCUT2D eigenvalue weighted by Gasteiger charge is 2.27. The zero-order chi connectivity index (χ0) is 19.4. The molecule has 1 aliphatic heterocycles. The molecule has 27 heavy (non-hydrogen) atoms. The Balaban J connectivity index is 1.80. The lowest BCUT2D eigenvalue weighted by molar-refractivity contribution is -0.121. The summed E-state index contributed by atoms with van der Waals surface area (Å²) in [4.78, 5) is 13.5. The third-order valence-corrected chi connectivity index (χ3v) is 4.55. The van der Waals surface area contributed by atoms with Gasteiger partial charge >= 0.3 is 0 Å². The number of thiocarbonyl (C=S) groups is 1. The Morgan fingerprint density at radius 2 is 2.00 bits per heavy atom. The normalized spacial score (nSPS) is 15.2. The lowest BCUT2D eigenvalue weighted by Gasteiger charge is -2.13. The fourth-order valence-corrected chi connectivity index (χ4v) is 2.99. The third-order valence-electron chi connectivity index (χ3n) is 3.94. The molecule has 0 unspecified atom stereocenters. The highest BCUT2D eigenvalue weighted by Crippen LogP contribution is 2.30. The van der Waals surface area contributed by atoms with Gasteiger partial charge in [0.25, 0.3) is 5.91 Å². The molecule has 5 nitrogen and oxygen atoms in total. The molecular weight excluding hydrogens is 384 g/mol. The van der Waals surface area contributed by atoms with E-state index < -0.39 is 0 Å². The first kappa shape index (κ1) is 19.2. The minimum atomic E-state index is -0.167. The van der Waals surface area contributed by atoms with Gasteiger partial charge in [-0.05, 0) is 60.6 Å². The van der Waals surface area contributed by atoms with Crippen molar-refractivity contribution in [2.45, 2.75) is 13.5 Å². The van der Waals surface area contributed by atoms with Crippen LogP contribution in [0.4, 0.5) is 0 Å². The number of nitrogens with zero attached hydrogens (tertiary/aromatic N) is 1. The zero-order valence-corrected chi connectivity index (χ0v) is 16.6. The highest BCUT2D eigenvalue weighted by molar-refractivity contribution is 7.80. The van der Waals surface area contributed by atoms with E-state index in [1.54, 1.807) is 13.1 Å². The maximum atomic E-state index is 12.1. The molecule has 3 rings (SSSR count). The van der Waals surface area contributed by atoms with E-state index in [0.717, 1.165) is 11.1 Å². The first-order valence-corrected chi connectivity index (χ1v) is 9.21. The van der Waals surface area contributed by atoms with Crippen LogP contribution in [0.5, 0.6) is 11.5 Å². The number of ether oxygens (including phenoxy) is 2. The van der Waals surface area contributed by atoms with Gasteiger partial charge in [0.15, 0.2) is 16.6 Å². The molecule has 0 bridgehead atoms. The Morgan fingerprint density at radius 1 is 1.19 bits per heavy atom. The fraction of sp³-hybridized carbons (Fsp3) is 0.200. The number of halogens is 1. The number of carbonyl (C=O) groups is 1. The second-order valence-corrected chi connectivity index (χ2v) is 6.73. The maximum absolute atomic E-state index is 12.1. The number of hydrogen-bond acceptors (Lipinski definition) is 4. The average Bonchev–Trinajstić information content (AvgIpc) is 2.88. The Labute approximate surface area is 168 Å². The van der Waals surface area contributed by atoms with Crippen molar-refractivity contribution in [3.05, 3.63) is 64.3 Å². The van der Waals surface area contributed by atoms with Crippen molar-refractivity contribution < 1.29 is 14.3 Å². The molecule has 0 atom stereocenters. The number of likely N-dealkylation sites (N-methyl/N-ethyl adjacent to an activating group) is 1. The van der Waals surface area contributed by atoms with Crippen molar-refractivity contribution in [3.8, 4) is 11.5 Å². The minimum Gasteiger partial charge on any atom is -0.490 e. The summed E-state index contributed by atoms with van der Waals surface area (Å²) in [5.74, 6) is 1.06. The summed E-state index contributed by atoms with van der Waals surface area (Å²) in [7, 11) is 1.64. The summed E-state index contributed by atoms with van der Waals surface area (Å²) in [6, 6.07) is 13.0. The molecule has 0 saturated carbocycles. The van der Waals surface area contributed by atoms with Crippen molar-refractivity contribution >= 4 is 40.9 Å². The van der Waals surface area contributed by atoms with Gasteiger partial charge < -0.3 is 14.8 Å². The molecule has 1 N–H and O–H groups in total. The number of amides is 1. The van der Waals surface area contributed by atoms with Crippen LogP contribution < -0.4 is 14.8 Å². The Bertz CT molecular complexity index is 914. The molecule has 1 amide bonds. The predicted octanol–water partition coefficient (Wildman–Crippen LogP) is 4.01. The molecule has 0 spiro atoms. The Kier molecular flexibility index (Phi) is 5.98. The minimum absolute atomic E-state index is 0.167. The molecule has 1 saturated heterocycles. The van der Waals surface area contributed by atoms with E-state index in [2.05, 4.69) is 5.32 Å². The highest BCUT2D eigenvalue weighted by atomic mass is 35.5. The monoisotopic (exact) mass is 402 g/mol. The van der Waals surface area contributed by atoms with Crippen molar-refractivity contribution in [2.75, 3.05) is 13.7 Å². The van der Waals surface area contributed by atoms with Gasteiger partial charge in [0.05, 0.1) is 6.61 Å². The van der Waals surface area contributed by atoms with Gasteiger partial charge in [-0.2, -0.15) is 0 Å². The third kappa shape index (κ3) is 4.59. The quantitative estimate of drug-likeness (QED) is 0.584. The first-order valence-electron chi connectivity index (χ1n) is 8.42. The van der Waals surface area contributed by atoms with Crippen molar-refractivity contribution in [2.24, 2.45) is 0 Å². The standard InChI is InChI=1S/C20H19ClN2O3S/c1-3-25-18-11-13(10-16-19(24)23(2)20(27)22-16)7-8-17(18)26-12-14-5-4-6-15(21)9-14/h4-11H,3,12H2,1-2H3,(H,22,27)/b16-10+. The number of nitrogens with one attached hydrogen (secondary N) is 1. The fourth-order valence-electron chi connectivity index (χ4n) is 2.58. The summed E-state index contributed by atoms with van der Waals surface area (Å²) < 4.78 is 11.6. The van der Waals surface area contributed by atoms with Crippen molar-refractivity contribution in [1.29, 1.82) is 0 Å². The molecule has 1 aliphatic rings. The van der Waals surface area contributed by atoms with E-state index in [9.17, 15) is 4.79 Å². The molecule has 0 aromatic heterocycles. The van der Waals surface area contributed by atoms with E-state index in [1.165, 1.54) is 4.90 Å². The molecule has 2 aromatic carbocycles. The van der Waals surface area contributed by atoms with Gasteiger partial charge in [0, 0.05) is 12.1 Å². The summed E-state index contributed by atoms with van der Waals surface area (Å²) >= 11 is 11.1. The zero-order valence-electron chi connectivity index (χ0n) is 15.0. The summed E-state index contributed by atoms with van der Waals surface area (Å²) in [5, 5.41) is 3.96. The lowest BCUT2D eigenvalue weighted by atomic mass is 10.1. The van der Waals surface area contributed by atoms with E-state index in [-0.39, 0.29) is 5.91 Å². The van der Waals surface area contributed by atoms with Crippen LogP contribution in [0.3, 0.4) is 0 Å². The van der Waals surface area contributed by atoms with Crippen LogP contribution in [-0.2, 0) is 11.4 Å². The van der Waals surface area contributed by atoms with Gasteiger partial charge in [0.2, 0.25) is 0 Å². The number of benzene rings is 2. The molecule has 0 aliphatic carbocycles. The topological polar surface area (TPSA) is 50.8 Å². The first-order chi connectivity index (χ1) is 13.0. The molecule has 1 heterocycles. The second-order valence-electron chi connectivity index (χ2n) is 5.91. The van der Waals surface area contributed by atoms with Crippen LogP contribution in [0, 0.1) is 0 Å². The van der Waals surface area contributed by atoms with Gasteiger partial charge in [-0.25, -0.2) is 0 Å². The van der Waals surface area contributed by atoms with Gasteiger partial charge in [0.1, 0.15) is 12.3 Å². The number of rotatable bonds is 6. The van der Waals surface area contributed by atoms with E-state index >= 15 is 0 Å². The Hall–Kier alpha value is -2.57. The van der Waals surface area contributed by atoms with E-state index in [0.29, 0.717) is 40.5 Å². The van der Waals surface area contributed by atoms with Gasteiger partial charge in [-0.15, -0.1) is 0 Å². The average molecular weight is 403 g/mol. The predicted molar refractivity (Wildman–Crippen MR) is 110 cm³/mol. The molecule has 1 fully saturated rings. The number of carbonyl (C=O) groups excluding carboxylic acids is 1. The molecule has 2 aromatic rings. The Morgan fingerprint density at radius 3 is 2.67 bits per heavy atom. The van der Waals surface area contributed by atoms with Crippen LogP contribution in [-0.4, -0.2) is 29.6 Å². The second kappa shape index (κ2) is 8.41. The van der Waals surface area contributed by atoms with Crippen LogP contribution in [0.25, 0.3) is 6.08 Å². The van der Waals surface area contributed by atoms with E-state index in [4.69, 9.17) is 33.3 Å². The maximum Gasteiger partial charge on any atom is 0.276 e. The van der Waals surface area contributed by atoms with Crippen LogP contribution in [0.15, 0.2) is 48.2 Å². The van der Waals surface area contributed by atoms with Crippen LogP contribution in [0.2, 0.25) is 5.02 Å². The van der Waals surface area contributed by atoms with Gasteiger partial charge in [-0.3, -0.25) is 9.69 Å². The summed E-state index contributed by atoms with van der Waals surface area (Å²) in [6.45, 7) is 2.78. The SMILES string of the molecule is CCOc1cc(/C=C2/NC(=S)N(C)C2=O)ccc1OCc1cccc(Cl)c1. The van der Waals surface area contributed by atoms with Crippen molar-refractivity contribution in [1.82, 2.24) is 10.2 Å². The van der Waals surface area contributed by atoms with Crippen molar-refractivity contribution in [3.63, 3.8) is 0 Å². The lowest BCUT2D eigenvalue weighted by Crippen LogP contribution is -2.25. The van der Waals surface area contributed by atoms with E-state index in [1.807, 2.05) is 49.4 Å². The molecule has 0 radical (unpaired) electrons. The largest absolute Gasteiger partial charge is 0.490 e. The molecular formula is C20H19ClN2O3S. The van der Waals surface area contributed by atoms with Gasteiger partial charge in [-0.1, -0.05) is 29.8 Å². The van der Waals surface area contributed by atoms with Crippen LogP contribution >= 0.6 is 23.8 Å². The van der Waals surface area contributed by atoms with Crippen LogP contribution in [0.1, 0.15) is 18.1 Å². The summed E-state index contributed by atoms with van der Waals surface area (Å²) in [6.07, 6.45) is 1.74. The molecule has 140 valence electrons. The molecule has 7 heteroatoms. The smallest absolute Gasteiger partial charge is 0.276 e. The number of hydrogen-bond donors (Lipinski definition) is 1. The summed E-state index contributed by atoms with van der Waals surface area (Å²) in [5.41, 5.74) is 2.20.